The second-order valence-corrected chi connectivity index (χ2v) is 8.29. The van der Waals surface area contributed by atoms with Gasteiger partial charge in [-0.15, -0.1) is 0 Å². The molecule has 0 unspecified atom stereocenters. The van der Waals surface area contributed by atoms with E-state index in [0.717, 1.165) is 64.2 Å². The van der Waals surface area contributed by atoms with Crippen molar-refractivity contribution in [2.45, 2.75) is 44.1 Å². The number of hydrogen-bond acceptors (Lipinski definition) is 6. The Morgan fingerprint density at radius 1 is 1.04 bits per heavy atom. The number of ether oxygens (including phenoxy) is 2. The van der Waals surface area contributed by atoms with E-state index in [9.17, 15) is 5.11 Å². The van der Waals surface area contributed by atoms with Crippen LogP contribution >= 0.6 is 0 Å². The standard InChI is InChI=1S/C22H29N3O3/c26-20-4-3-17(19-2-1-9-23-21(19)20)16-24-10-12-25(13-11-24)18-5-7-22(8-6-18)27-14-15-28-22/h1-4,9,18,26H,5-8,10-16H2. The van der Waals surface area contributed by atoms with Crippen LogP contribution in [0.15, 0.2) is 30.5 Å². The quantitative estimate of drug-likeness (QED) is 0.880. The molecule has 2 saturated heterocycles. The minimum Gasteiger partial charge on any atom is -0.506 e. The summed E-state index contributed by atoms with van der Waals surface area (Å²) in [5.41, 5.74) is 1.94. The molecule has 28 heavy (non-hydrogen) atoms. The van der Waals surface area contributed by atoms with Gasteiger partial charge < -0.3 is 14.6 Å². The highest BCUT2D eigenvalue weighted by Crippen LogP contribution is 2.37. The van der Waals surface area contributed by atoms with Crippen LogP contribution in [0, 0.1) is 0 Å². The number of pyridine rings is 1. The number of piperazine rings is 1. The van der Waals surface area contributed by atoms with Gasteiger partial charge in [-0.05, 0) is 30.5 Å². The number of aromatic nitrogens is 1. The van der Waals surface area contributed by atoms with E-state index in [1.807, 2.05) is 12.1 Å². The molecule has 3 aliphatic rings. The monoisotopic (exact) mass is 383 g/mol. The average Bonchev–Trinajstić information content (AvgIpc) is 3.19. The Bertz CT molecular complexity index is 819. The highest BCUT2D eigenvalue weighted by Gasteiger charge is 2.41. The molecular formula is C22H29N3O3. The zero-order chi connectivity index (χ0) is 19.0. The topological polar surface area (TPSA) is 58.1 Å². The van der Waals surface area contributed by atoms with E-state index in [4.69, 9.17) is 9.47 Å². The number of phenolic OH excluding ortho intramolecular Hbond substituents is 1. The second-order valence-electron chi connectivity index (χ2n) is 8.29. The molecule has 1 N–H and O–H groups in total. The molecule has 5 rings (SSSR count). The Kier molecular flexibility index (Phi) is 4.97. The van der Waals surface area contributed by atoms with Crippen LogP contribution in [0.5, 0.6) is 5.75 Å². The molecule has 0 amide bonds. The molecule has 1 saturated carbocycles. The summed E-state index contributed by atoms with van der Waals surface area (Å²) >= 11 is 0. The summed E-state index contributed by atoms with van der Waals surface area (Å²) in [5, 5.41) is 11.1. The fourth-order valence-corrected chi connectivity index (χ4v) is 5.08. The Morgan fingerprint density at radius 3 is 2.54 bits per heavy atom. The molecule has 3 fully saturated rings. The van der Waals surface area contributed by atoms with E-state index in [1.54, 1.807) is 12.3 Å². The van der Waals surface area contributed by atoms with Crippen molar-refractivity contribution < 1.29 is 14.6 Å². The molecule has 150 valence electrons. The summed E-state index contributed by atoms with van der Waals surface area (Å²) in [5.74, 6) is 0.00110. The van der Waals surface area contributed by atoms with E-state index < -0.39 is 0 Å². The maximum absolute atomic E-state index is 10.1. The van der Waals surface area contributed by atoms with Gasteiger partial charge in [0.1, 0.15) is 11.3 Å². The minimum absolute atomic E-state index is 0.258. The van der Waals surface area contributed by atoms with Crippen LogP contribution < -0.4 is 0 Å². The number of hydrogen-bond donors (Lipinski definition) is 1. The van der Waals surface area contributed by atoms with Gasteiger partial charge in [-0.25, -0.2) is 0 Å². The first-order valence-corrected chi connectivity index (χ1v) is 10.5. The number of benzene rings is 1. The Morgan fingerprint density at radius 2 is 1.79 bits per heavy atom. The first kappa shape index (κ1) is 18.3. The summed E-state index contributed by atoms with van der Waals surface area (Å²) in [4.78, 5) is 9.52. The molecule has 0 radical (unpaired) electrons. The van der Waals surface area contributed by atoms with E-state index in [-0.39, 0.29) is 11.5 Å². The number of nitrogens with zero attached hydrogens (tertiary/aromatic N) is 3. The van der Waals surface area contributed by atoms with Crippen molar-refractivity contribution in [3.63, 3.8) is 0 Å². The molecule has 6 nitrogen and oxygen atoms in total. The summed E-state index contributed by atoms with van der Waals surface area (Å²) in [6.07, 6.45) is 6.15. The van der Waals surface area contributed by atoms with Crippen LogP contribution in [0.25, 0.3) is 10.9 Å². The molecule has 2 aromatic rings. The molecule has 2 aliphatic heterocycles. The van der Waals surface area contributed by atoms with Crippen molar-refractivity contribution in [2.24, 2.45) is 0 Å². The maximum atomic E-state index is 10.1. The third-order valence-electron chi connectivity index (χ3n) is 6.69. The van der Waals surface area contributed by atoms with Gasteiger partial charge in [0, 0.05) is 63.2 Å². The number of fused-ring (bicyclic) bond motifs is 1. The average molecular weight is 383 g/mol. The van der Waals surface area contributed by atoms with Crippen molar-refractivity contribution in [2.75, 3.05) is 39.4 Å². The van der Waals surface area contributed by atoms with E-state index >= 15 is 0 Å². The van der Waals surface area contributed by atoms with Crippen LogP contribution in [0.4, 0.5) is 0 Å². The molecular weight excluding hydrogens is 354 g/mol. The van der Waals surface area contributed by atoms with Crippen LogP contribution in [-0.4, -0.2) is 71.1 Å². The zero-order valence-electron chi connectivity index (χ0n) is 16.3. The Balaban J connectivity index is 1.18. The van der Waals surface area contributed by atoms with Crippen LogP contribution in [-0.2, 0) is 16.0 Å². The number of phenols is 1. The molecule has 1 aromatic heterocycles. The summed E-state index contributed by atoms with van der Waals surface area (Å²) < 4.78 is 11.7. The minimum atomic E-state index is -0.258. The highest BCUT2D eigenvalue weighted by molar-refractivity contribution is 5.87. The molecule has 0 atom stereocenters. The van der Waals surface area contributed by atoms with Crippen LogP contribution in [0.3, 0.4) is 0 Å². The molecule has 1 aromatic carbocycles. The van der Waals surface area contributed by atoms with Gasteiger partial charge in [0.15, 0.2) is 5.79 Å². The van der Waals surface area contributed by atoms with Gasteiger partial charge in [0.25, 0.3) is 0 Å². The van der Waals surface area contributed by atoms with Crippen LogP contribution in [0.1, 0.15) is 31.2 Å². The van der Waals surface area contributed by atoms with Crippen molar-refractivity contribution in [1.82, 2.24) is 14.8 Å². The zero-order valence-corrected chi connectivity index (χ0v) is 16.3. The molecule has 0 bridgehead atoms. The van der Waals surface area contributed by atoms with Crippen molar-refractivity contribution in [3.05, 3.63) is 36.0 Å². The lowest BCUT2D eigenvalue weighted by Crippen LogP contribution is -2.52. The molecule has 1 spiro atoms. The van der Waals surface area contributed by atoms with Crippen molar-refractivity contribution in [1.29, 1.82) is 0 Å². The fraction of sp³-hybridized carbons (Fsp3) is 0.591. The summed E-state index contributed by atoms with van der Waals surface area (Å²) in [6.45, 7) is 6.82. The smallest absolute Gasteiger partial charge is 0.168 e. The summed E-state index contributed by atoms with van der Waals surface area (Å²) in [7, 11) is 0. The van der Waals surface area contributed by atoms with Gasteiger partial charge in [-0.2, -0.15) is 0 Å². The largest absolute Gasteiger partial charge is 0.506 e. The van der Waals surface area contributed by atoms with Gasteiger partial charge in [-0.1, -0.05) is 12.1 Å². The van der Waals surface area contributed by atoms with Crippen molar-refractivity contribution >= 4 is 10.9 Å². The maximum Gasteiger partial charge on any atom is 0.168 e. The first-order valence-electron chi connectivity index (χ1n) is 10.5. The third-order valence-corrected chi connectivity index (χ3v) is 6.69. The van der Waals surface area contributed by atoms with Crippen molar-refractivity contribution in [3.8, 4) is 5.75 Å². The van der Waals surface area contributed by atoms with Gasteiger partial charge >= 0.3 is 0 Å². The lowest BCUT2D eigenvalue weighted by molar-refractivity contribution is -0.184. The normalized spacial score (nSPS) is 24.3. The predicted molar refractivity (Wildman–Crippen MR) is 107 cm³/mol. The second kappa shape index (κ2) is 7.59. The third kappa shape index (κ3) is 3.50. The van der Waals surface area contributed by atoms with Gasteiger partial charge in [-0.3, -0.25) is 14.8 Å². The Hall–Kier alpha value is -1.73. The number of rotatable bonds is 3. The van der Waals surface area contributed by atoms with E-state index in [0.29, 0.717) is 11.6 Å². The highest BCUT2D eigenvalue weighted by atomic mass is 16.7. The first-order chi connectivity index (χ1) is 13.7. The fourth-order valence-electron chi connectivity index (χ4n) is 5.08. The van der Waals surface area contributed by atoms with Gasteiger partial charge in [0.05, 0.1) is 13.2 Å². The van der Waals surface area contributed by atoms with Crippen LogP contribution in [0.2, 0.25) is 0 Å². The molecule has 1 aliphatic carbocycles. The lowest BCUT2D eigenvalue weighted by Gasteiger charge is -2.44. The SMILES string of the molecule is Oc1ccc(CN2CCN(C3CCC4(CC3)OCCO4)CC2)c2cccnc12. The molecule has 3 heterocycles. The van der Waals surface area contributed by atoms with E-state index in [1.165, 1.54) is 18.4 Å². The van der Waals surface area contributed by atoms with E-state index in [2.05, 4.69) is 20.9 Å². The molecule has 6 heteroatoms. The Labute approximate surface area is 166 Å². The van der Waals surface area contributed by atoms with Gasteiger partial charge in [0.2, 0.25) is 0 Å². The lowest BCUT2D eigenvalue weighted by atomic mass is 9.88. The number of aromatic hydroxyl groups is 1. The predicted octanol–water partition coefficient (Wildman–Crippen LogP) is 2.74. The summed E-state index contributed by atoms with van der Waals surface area (Å²) in [6, 6.07) is 8.47.